The van der Waals surface area contributed by atoms with Gasteiger partial charge in [0.1, 0.15) is 6.04 Å². The molecule has 108 valence electrons. The van der Waals surface area contributed by atoms with Crippen molar-refractivity contribution in [3.63, 3.8) is 0 Å². The maximum atomic E-state index is 12.3. The molecule has 0 aromatic heterocycles. The van der Waals surface area contributed by atoms with Crippen LogP contribution in [0.4, 0.5) is 0 Å². The zero-order valence-electron chi connectivity index (χ0n) is 11.7. The van der Waals surface area contributed by atoms with Gasteiger partial charge in [-0.3, -0.25) is 9.59 Å². The Labute approximate surface area is 114 Å². The summed E-state index contributed by atoms with van der Waals surface area (Å²) in [6, 6.07) is -0.357. The van der Waals surface area contributed by atoms with E-state index in [4.69, 9.17) is 0 Å². The number of hydrogen-bond donors (Lipinski definition) is 2. The van der Waals surface area contributed by atoms with Gasteiger partial charge in [-0.05, 0) is 25.9 Å². The first-order valence-corrected chi connectivity index (χ1v) is 7.16. The van der Waals surface area contributed by atoms with Gasteiger partial charge in [-0.1, -0.05) is 0 Å². The van der Waals surface area contributed by atoms with Crippen LogP contribution < -0.4 is 10.6 Å². The Morgan fingerprint density at radius 2 is 2.00 bits per heavy atom. The number of nitrogens with zero attached hydrogens (tertiary/aromatic N) is 2. The maximum Gasteiger partial charge on any atom is 0.243 e. The summed E-state index contributed by atoms with van der Waals surface area (Å²) >= 11 is 0. The number of carbonyl (C=O) groups excluding carboxylic acids is 2. The molecule has 2 N–H and O–H groups in total. The average molecular weight is 268 g/mol. The fourth-order valence-corrected chi connectivity index (χ4v) is 2.81. The number of rotatable bonds is 4. The zero-order valence-corrected chi connectivity index (χ0v) is 11.7. The van der Waals surface area contributed by atoms with Gasteiger partial charge in [0.15, 0.2) is 0 Å². The minimum absolute atomic E-state index is 0.0817. The number of amides is 2. The highest BCUT2D eigenvalue weighted by atomic mass is 16.2. The molecule has 1 atom stereocenters. The van der Waals surface area contributed by atoms with Crippen LogP contribution in [0.5, 0.6) is 0 Å². The fraction of sp³-hybridized carbons (Fsp3) is 0.846. The molecule has 2 aliphatic heterocycles. The third kappa shape index (κ3) is 3.67. The van der Waals surface area contributed by atoms with E-state index in [1.54, 1.807) is 11.9 Å². The predicted octanol–water partition coefficient (Wildman–Crippen LogP) is -0.981. The van der Waals surface area contributed by atoms with Gasteiger partial charge in [-0.25, -0.2) is 0 Å². The smallest absolute Gasteiger partial charge is 0.243 e. The van der Waals surface area contributed by atoms with Gasteiger partial charge < -0.3 is 20.4 Å². The first-order valence-electron chi connectivity index (χ1n) is 7.16. The van der Waals surface area contributed by atoms with E-state index in [-0.39, 0.29) is 17.9 Å². The molecule has 2 rings (SSSR count). The van der Waals surface area contributed by atoms with Crippen molar-refractivity contribution in [3.05, 3.63) is 0 Å². The molecule has 0 aliphatic carbocycles. The predicted molar refractivity (Wildman–Crippen MR) is 72.7 cm³/mol. The van der Waals surface area contributed by atoms with Gasteiger partial charge in [0.25, 0.3) is 0 Å². The zero-order chi connectivity index (χ0) is 13.7. The number of nitrogens with one attached hydrogen (secondary N) is 2. The van der Waals surface area contributed by atoms with Crippen molar-refractivity contribution in [2.24, 2.45) is 0 Å². The topological polar surface area (TPSA) is 64.7 Å². The van der Waals surface area contributed by atoms with E-state index < -0.39 is 0 Å². The molecule has 2 amide bonds. The van der Waals surface area contributed by atoms with Crippen LogP contribution in [0, 0.1) is 0 Å². The summed E-state index contributed by atoms with van der Waals surface area (Å²) < 4.78 is 0. The Morgan fingerprint density at radius 1 is 1.26 bits per heavy atom. The Hall–Kier alpha value is -1.14. The summed E-state index contributed by atoms with van der Waals surface area (Å²) in [5, 5.41) is 5.80. The van der Waals surface area contributed by atoms with E-state index in [0.717, 1.165) is 26.2 Å². The molecule has 2 fully saturated rings. The van der Waals surface area contributed by atoms with Gasteiger partial charge in [0, 0.05) is 39.6 Å². The van der Waals surface area contributed by atoms with Crippen LogP contribution in [-0.2, 0) is 9.59 Å². The lowest BCUT2D eigenvalue weighted by Gasteiger charge is -2.35. The molecule has 6 nitrogen and oxygen atoms in total. The van der Waals surface area contributed by atoms with Gasteiger partial charge in [-0.2, -0.15) is 0 Å². The molecule has 2 saturated heterocycles. The summed E-state index contributed by atoms with van der Waals surface area (Å²) in [6.07, 6.45) is 3.00. The number of likely N-dealkylation sites (N-methyl/N-ethyl adjacent to an activating group) is 1. The Balaban J connectivity index is 1.85. The Morgan fingerprint density at radius 3 is 2.68 bits per heavy atom. The molecule has 19 heavy (non-hydrogen) atoms. The number of likely N-dealkylation sites (tertiary alicyclic amines) is 1. The van der Waals surface area contributed by atoms with Gasteiger partial charge in [0.2, 0.25) is 11.8 Å². The highest BCUT2D eigenvalue weighted by Gasteiger charge is 2.31. The molecular formula is C13H24N4O2. The third-order valence-corrected chi connectivity index (χ3v) is 3.95. The molecule has 0 bridgehead atoms. The van der Waals surface area contributed by atoms with E-state index in [9.17, 15) is 9.59 Å². The van der Waals surface area contributed by atoms with Crippen molar-refractivity contribution in [3.8, 4) is 0 Å². The molecule has 2 aliphatic rings. The number of hydrogen-bond acceptors (Lipinski definition) is 4. The Bertz CT molecular complexity index is 329. The van der Waals surface area contributed by atoms with Crippen molar-refractivity contribution in [1.82, 2.24) is 20.4 Å². The van der Waals surface area contributed by atoms with E-state index in [0.29, 0.717) is 19.5 Å². The van der Waals surface area contributed by atoms with Crippen molar-refractivity contribution in [2.45, 2.75) is 25.3 Å². The van der Waals surface area contributed by atoms with Crippen LogP contribution in [-0.4, -0.2) is 74.0 Å². The van der Waals surface area contributed by atoms with Crippen molar-refractivity contribution in [1.29, 1.82) is 0 Å². The van der Waals surface area contributed by atoms with Crippen LogP contribution in [0.15, 0.2) is 0 Å². The molecule has 2 heterocycles. The molecule has 0 spiro atoms. The summed E-state index contributed by atoms with van der Waals surface area (Å²) in [5.41, 5.74) is 0. The Kier molecular flexibility index (Phi) is 5.15. The van der Waals surface area contributed by atoms with Crippen LogP contribution in [0.2, 0.25) is 0 Å². The minimum Gasteiger partial charge on any atom is -0.357 e. The van der Waals surface area contributed by atoms with E-state index in [1.807, 2.05) is 0 Å². The second kappa shape index (κ2) is 6.86. The standard InChI is InChI=1S/C13H24N4O2/c1-14-13(19)11-10-15-5-9-17(11)12(18)4-8-16-6-2-3-7-16/h11,15H,2-10H2,1H3,(H,14,19). The lowest BCUT2D eigenvalue weighted by molar-refractivity contribution is -0.141. The van der Waals surface area contributed by atoms with Crippen LogP contribution in [0.25, 0.3) is 0 Å². The first-order chi connectivity index (χ1) is 9.22. The number of carbonyl (C=O) groups is 2. The monoisotopic (exact) mass is 268 g/mol. The maximum absolute atomic E-state index is 12.3. The summed E-state index contributed by atoms with van der Waals surface area (Å²) in [7, 11) is 1.61. The van der Waals surface area contributed by atoms with Crippen LogP contribution >= 0.6 is 0 Å². The quantitative estimate of drug-likeness (QED) is 0.688. The van der Waals surface area contributed by atoms with Crippen molar-refractivity contribution < 1.29 is 9.59 Å². The second-order valence-corrected chi connectivity index (χ2v) is 5.22. The average Bonchev–Trinajstić information content (AvgIpc) is 2.97. The molecular weight excluding hydrogens is 244 g/mol. The van der Waals surface area contributed by atoms with E-state index in [1.165, 1.54) is 12.8 Å². The van der Waals surface area contributed by atoms with Crippen molar-refractivity contribution >= 4 is 11.8 Å². The summed E-state index contributed by atoms with van der Waals surface area (Å²) in [5.74, 6) is 0.0173. The van der Waals surface area contributed by atoms with E-state index >= 15 is 0 Å². The normalized spacial score (nSPS) is 24.5. The van der Waals surface area contributed by atoms with Crippen molar-refractivity contribution in [2.75, 3.05) is 46.3 Å². The van der Waals surface area contributed by atoms with E-state index in [2.05, 4.69) is 15.5 Å². The summed E-state index contributed by atoms with van der Waals surface area (Å²) in [6.45, 7) is 4.97. The molecule has 6 heteroatoms. The highest BCUT2D eigenvalue weighted by molar-refractivity contribution is 5.88. The second-order valence-electron chi connectivity index (χ2n) is 5.22. The molecule has 0 aromatic rings. The highest BCUT2D eigenvalue weighted by Crippen LogP contribution is 2.10. The molecule has 0 saturated carbocycles. The molecule has 1 unspecified atom stereocenters. The van der Waals surface area contributed by atoms with Gasteiger partial charge in [-0.15, -0.1) is 0 Å². The van der Waals surface area contributed by atoms with Gasteiger partial charge in [0.05, 0.1) is 0 Å². The van der Waals surface area contributed by atoms with Crippen LogP contribution in [0.1, 0.15) is 19.3 Å². The van der Waals surface area contributed by atoms with Crippen LogP contribution in [0.3, 0.4) is 0 Å². The fourth-order valence-electron chi connectivity index (χ4n) is 2.81. The lowest BCUT2D eigenvalue weighted by Crippen LogP contribution is -2.59. The summed E-state index contributed by atoms with van der Waals surface area (Å²) in [4.78, 5) is 28.1. The largest absolute Gasteiger partial charge is 0.357 e. The molecule has 0 aromatic carbocycles. The van der Waals surface area contributed by atoms with Gasteiger partial charge >= 0.3 is 0 Å². The molecule has 0 radical (unpaired) electrons. The number of piperazine rings is 1. The minimum atomic E-state index is -0.357. The third-order valence-electron chi connectivity index (χ3n) is 3.95. The lowest BCUT2D eigenvalue weighted by atomic mass is 10.1. The first kappa shape index (κ1) is 14.3. The SMILES string of the molecule is CNC(=O)C1CNCCN1C(=O)CCN1CCCC1.